The van der Waals surface area contributed by atoms with E-state index in [1.54, 1.807) is 6.20 Å². The number of rotatable bonds is 4. The molecule has 0 aliphatic carbocycles. The predicted molar refractivity (Wildman–Crippen MR) is 67.7 cm³/mol. The predicted octanol–water partition coefficient (Wildman–Crippen LogP) is 2.51. The van der Waals surface area contributed by atoms with Crippen LogP contribution in [0.15, 0.2) is 12.3 Å². The number of hydrogen-bond donors (Lipinski definition) is 1. The van der Waals surface area contributed by atoms with Gasteiger partial charge in [-0.25, -0.2) is 0 Å². The van der Waals surface area contributed by atoms with E-state index in [2.05, 4.69) is 37.7 Å². The lowest BCUT2D eigenvalue weighted by atomic mass is 9.98. The largest absolute Gasteiger partial charge is 0.392 e. The number of hydrogen-bond acceptors (Lipinski definition) is 3. The van der Waals surface area contributed by atoms with E-state index in [-0.39, 0.29) is 12.1 Å². The molecule has 0 fully saturated rings. The monoisotopic (exact) mass is 222 g/mol. The topological polar surface area (TPSA) is 36.4 Å². The second-order valence-corrected chi connectivity index (χ2v) is 4.84. The van der Waals surface area contributed by atoms with Crippen molar-refractivity contribution in [3.05, 3.63) is 23.5 Å². The van der Waals surface area contributed by atoms with Gasteiger partial charge in [-0.05, 0) is 33.3 Å². The van der Waals surface area contributed by atoms with Gasteiger partial charge in [0.25, 0.3) is 0 Å². The SMILES string of the molecule is CCC(C)(C)N(C)c1cc(C)ncc1CO. The van der Waals surface area contributed by atoms with Crippen LogP contribution in [0.5, 0.6) is 0 Å². The summed E-state index contributed by atoms with van der Waals surface area (Å²) in [6.07, 6.45) is 2.81. The molecule has 0 amide bonds. The molecule has 0 atom stereocenters. The summed E-state index contributed by atoms with van der Waals surface area (Å²) in [5, 5.41) is 9.33. The summed E-state index contributed by atoms with van der Waals surface area (Å²) in [7, 11) is 2.07. The van der Waals surface area contributed by atoms with Crippen LogP contribution in [0.25, 0.3) is 0 Å². The van der Waals surface area contributed by atoms with Gasteiger partial charge in [0.05, 0.1) is 6.61 Å². The number of aliphatic hydroxyl groups is 1. The van der Waals surface area contributed by atoms with E-state index in [1.807, 2.05) is 13.0 Å². The number of aryl methyl sites for hydroxylation is 1. The van der Waals surface area contributed by atoms with Gasteiger partial charge < -0.3 is 10.0 Å². The molecule has 0 aliphatic rings. The van der Waals surface area contributed by atoms with Crippen LogP contribution < -0.4 is 4.90 Å². The number of pyridine rings is 1. The molecule has 90 valence electrons. The molecule has 0 saturated carbocycles. The van der Waals surface area contributed by atoms with Crippen molar-refractivity contribution in [2.45, 2.75) is 46.3 Å². The minimum Gasteiger partial charge on any atom is -0.392 e. The molecule has 1 N–H and O–H groups in total. The highest BCUT2D eigenvalue weighted by atomic mass is 16.3. The summed E-state index contributed by atoms with van der Waals surface area (Å²) in [6, 6.07) is 2.03. The van der Waals surface area contributed by atoms with Crippen molar-refractivity contribution in [2.75, 3.05) is 11.9 Å². The van der Waals surface area contributed by atoms with E-state index in [0.29, 0.717) is 0 Å². The Morgan fingerprint density at radius 3 is 2.56 bits per heavy atom. The van der Waals surface area contributed by atoms with Crippen LogP contribution in [0.1, 0.15) is 38.4 Å². The first kappa shape index (κ1) is 13.0. The summed E-state index contributed by atoms with van der Waals surface area (Å²) in [5.74, 6) is 0. The maximum absolute atomic E-state index is 9.33. The van der Waals surface area contributed by atoms with Gasteiger partial charge in [0.1, 0.15) is 0 Å². The van der Waals surface area contributed by atoms with Gasteiger partial charge in [-0.3, -0.25) is 4.98 Å². The van der Waals surface area contributed by atoms with Crippen LogP contribution >= 0.6 is 0 Å². The van der Waals surface area contributed by atoms with Crippen LogP contribution in [0.3, 0.4) is 0 Å². The molecule has 1 aromatic rings. The van der Waals surface area contributed by atoms with Crippen LogP contribution in [0, 0.1) is 6.92 Å². The summed E-state index contributed by atoms with van der Waals surface area (Å²) in [4.78, 5) is 6.43. The molecule has 3 heteroatoms. The summed E-state index contributed by atoms with van der Waals surface area (Å²) < 4.78 is 0. The Morgan fingerprint density at radius 1 is 1.44 bits per heavy atom. The van der Waals surface area contributed by atoms with Crippen molar-refractivity contribution < 1.29 is 5.11 Å². The number of aromatic nitrogens is 1. The van der Waals surface area contributed by atoms with E-state index in [1.165, 1.54) is 0 Å². The highest BCUT2D eigenvalue weighted by Crippen LogP contribution is 2.28. The molecule has 1 rings (SSSR count). The first-order valence-electron chi connectivity index (χ1n) is 5.72. The molecule has 1 heterocycles. The molecule has 0 spiro atoms. The van der Waals surface area contributed by atoms with Gasteiger partial charge in [0.2, 0.25) is 0 Å². The van der Waals surface area contributed by atoms with E-state index < -0.39 is 0 Å². The van der Waals surface area contributed by atoms with Gasteiger partial charge in [-0.15, -0.1) is 0 Å². The molecule has 0 aliphatic heterocycles. The Kier molecular flexibility index (Phi) is 3.92. The molecular formula is C13H22N2O. The van der Waals surface area contributed by atoms with Gasteiger partial charge >= 0.3 is 0 Å². The third-order valence-corrected chi connectivity index (χ3v) is 3.40. The van der Waals surface area contributed by atoms with Gasteiger partial charge in [-0.1, -0.05) is 6.92 Å². The van der Waals surface area contributed by atoms with Gasteiger partial charge in [0, 0.05) is 35.7 Å². The lowest BCUT2D eigenvalue weighted by Gasteiger charge is -2.37. The van der Waals surface area contributed by atoms with Gasteiger partial charge in [-0.2, -0.15) is 0 Å². The zero-order valence-corrected chi connectivity index (χ0v) is 10.9. The Balaban J connectivity index is 3.16. The minimum atomic E-state index is 0.0345. The first-order valence-corrected chi connectivity index (χ1v) is 5.72. The summed E-state index contributed by atoms with van der Waals surface area (Å²) in [6.45, 7) is 8.57. The third kappa shape index (κ3) is 2.53. The van der Waals surface area contributed by atoms with Crippen molar-refractivity contribution in [1.82, 2.24) is 4.98 Å². The standard InChI is InChI=1S/C13H22N2O/c1-6-13(3,4)15(5)12-7-10(2)14-8-11(12)9-16/h7-8,16H,6,9H2,1-5H3. The minimum absolute atomic E-state index is 0.0345. The normalized spacial score (nSPS) is 11.6. The number of aliphatic hydroxyl groups excluding tert-OH is 1. The van der Waals surface area contributed by atoms with Crippen molar-refractivity contribution in [3.8, 4) is 0 Å². The first-order chi connectivity index (χ1) is 7.42. The van der Waals surface area contributed by atoms with Crippen molar-refractivity contribution >= 4 is 5.69 Å². The maximum Gasteiger partial charge on any atom is 0.0717 e. The van der Waals surface area contributed by atoms with Crippen LogP contribution in [-0.4, -0.2) is 22.7 Å². The van der Waals surface area contributed by atoms with Crippen molar-refractivity contribution in [2.24, 2.45) is 0 Å². The van der Waals surface area contributed by atoms with Crippen LogP contribution in [0.4, 0.5) is 5.69 Å². The second-order valence-electron chi connectivity index (χ2n) is 4.84. The zero-order valence-electron chi connectivity index (χ0n) is 10.9. The Bertz CT molecular complexity index is 361. The van der Waals surface area contributed by atoms with E-state index in [0.717, 1.165) is 23.4 Å². The quantitative estimate of drug-likeness (QED) is 0.850. The smallest absolute Gasteiger partial charge is 0.0717 e. The second kappa shape index (κ2) is 4.83. The van der Waals surface area contributed by atoms with Crippen molar-refractivity contribution in [1.29, 1.82) is 0 Å². The van der Waals surface area contributed by atoms with Crippen molar-refractivity contribution in [3.63, 3.8) is 0 Å². The molecule has 3 nitrogen and oxygen atoms in total. The number of anilines is 1. The average molecular weight is 222 g/mol. The zero-order chi connectivity index (χ0) is 12.3. The molecule has 1 aromatic heterocycles. The van der Waals surface area contributed by atoms with E-state index in [4.69, 9.17) is 0 Å². The molecule has 0 saturated heterocycles. The highest BCUT2D eigenvalue weighted by Gasteiger charge is 2.23. The molecule has 0 radical (unpaired) electrons. The van der Waals surface area contributed by atoms with E-state index >= 15 is 0 Å². The maximum atomic E-state index is 9.33. The fraction of sp³-hybridized carbons (Fsp3) is 0.615. The van der Waals surface area contributed by atoms with E-state index in [9.17, 15) is 5.11 Å². The molecule has 0 bridgehead atoms. The molecule has 16 heavy (non-hydrogen) atoms. The number of nitrogens with zero attached hydrogens (tertiary/aromatic N) is 2. The Hall–Kier alpha value is -1.09. The summed E-state index contributed by atoms with van der Waals surface area (Å²) >= 11 is 0. The highest BCUT2D eigenvalue weighted by molar-refractivity contribution is 5.54. The van der Waals surface area contributed by atoms with Crippen LogP contribution in [-0.2, 0) is 6.61 Å². The fourth-order valence-electron chi connectivity index (χ4n) is 1.57. The Labute approximate surface area is 98.1 Å². The summed E-state index contributed by atoms with van der Waals surface area (Å²) in [5.41, 5.74) is 3.01. The fourth-order valence-corrected chi connectivity index (χ4v) is 1.57. The Morgan fingerprint density at radius 2 is 2.06 bits per heavy atom. The van der Waals surface area contributed by atoms with Gasteiger partial charge in [0.15, 0.2) is 0 Å². The van der Waals surface area contributed by atoms with Crippen LogP contribution in [0.2, 0.25) is 0 Å². The molecule has 0 unspecified atom stereocenters. The lowest BCUT2D eigenvalue weighted by molar-refractivity contribution is 0.281. The lowest BCUT2D eigenvalue weighted by Crippen LogP contribution is -2.41. The molecular weight excluding hydrogens is 200 g/mol. The molecule has 0 aromatic carbocycles. The average Bonchev–Trinajstić information content (AvgIpc) is 2.28. The third-order valence-electron chi connectivity index (χ3n) is 3.40.